The van der Waals surface area contributed by atoms with Crippen molar-refractivity contribution in [3.8, 4) is 0 Å². The first-order valence-electron chi connectivity index (χ1n) is 7.87. The topological polar surface area (TPSA) is 29.5 Å². The summed E-state index contributed by atoms with van der Waals surface area (Å²) < 4.78 is 18.7. The number of hydrogen-bond acceptors (Lipinski definition) is 2. The molecule has 0 spiro atoms. The Kier molecular flexibility index (Phi) is 4.54. The van der Waals surface area contributed by atoms with Crippen LogP contribution in [0.1, 0.15) is 37.7 Å². The summed E-state index contributed by atoms with van der Waals surface area (Å²) in [6.07, 6.45) is 5.35. The molecular formula is C17H22FNO2. The molecule has 1 aliphatic carbocycles. The van der Waals surface area contributed by atoms with Crippen LogP contribution in [0.2, 0.25) is 0 Å². The highest BCUT2D eigenvalue weighted by Crippen LogP contribution is 2.29. The Morgan fingerprint density at radius 1 is 1.14 bits per heavy atom. The Morgan fingerprint density at radius 2 is 1.81 bits per heavy atom. The lowest BCUT2D eigenvalue weighted by atomic mass is 9.84. The molecule has 3 rings (SSSR count). The van der Waals surface area contributed by atoms with E-state index in [0.717, 1.165) is 44.3 Å². The number of likely N-dealkylation sites (tertiary alicyclic amines) is 1. The van der Waals surface area contributed by atoms with E-state index in [1.165, 1.54) is 18.6 Å². The quantitative estimate of drug-likeness (QED) is 0.853. The Labute approximate surface area is 125 Å². The molecule has 0 radical (unpaired) electrons. The summed E-state index contributed by atoms with van der Waals surface area (Å²) in [4.78, 5) is 14.1. The minimum atomic E-state index is -0.221. The van der Waals surface area contributed by atoms with Gasteiger partial charge < -0.3 is 9.64 Å². The number of hydrogen-bond donors (Lipinski definition) is 0. The average molecular weight is 291 g/mol. The second-order valence-electron chi connectivity index (χ2n) is 6.09. The normalized spacial score (nSPS) is 20.3. The van der Waals surface area contributed by atoms with Gasteiger partial charge in [0.05, 0.1) is 12.7 Å². The molecule has 0 bridgehead atoms. The molecule has 3 nitrogen and oxygen atoms in total. The fraction of sp³-hybridized carbons (Fsp3) is 0.588. The predicted molar refractivity (Wildman–Crippen MR) is 78.1 cm³/mol. The molecule has 1 aromatic rings. The highest BCUT2D eigenvalue weighted by atomic mass is 19.1. The molecule has 0 unspecified atom stereocenters. The third kappa shape index (κ3) is 3.62. The molecule has 0 atom stereocenters. The maximum Gasteiger partial charge on any atom is 0.225 e. The van der Waals surface area contributed by atoms with Crippen LogP contribution in [0.5, 0.6) is 0 Å². The molecular weight excluding hydrogens is 269 g/mol. The van der Waals surface area contributed by atoms with E-state index in [0.29, 0.717) is 18.4 Å². The first-order chi connectivity index (χ1) is 10.2. The molecule has 114 valence electrons. The number of ether oxygens (including phenoxy) is 1. The van der Waals surface area contributed by atoms with Crippen molar-refractivity contribution in [1.29, 1.82) is 0 Å². The van der Waals surface area contributed by atoms with Gasteiger partial charge in [-0.3, -0.25) is 4.79 Å². The van der Waals surface area contributed by atoms with Crippen LogP contribution in [0.4, 0.5) is 4.39 Å². The summed E-state index contributed by atoms with van der Waals surface area (Å²) in [6.45, 7) is 2.13. The Morgan fingerprint density at radius 3 is 2.38 bits per heavy atom. The van der Waals surface area contributed by atoms with Crippen LogP contribution in [0, 0.1) is 11.7 Å². The standard InChI is InChI=1S/C17H22FNO2/c18-15-6-4-13(5-7-15)12-21-16-8-10-19(11-9-16)17(20)14-2-1-3-14/h4-7,14,16H,1-3,8-12H2. The molecule has 1 heterocycles. The zero-order valence-corrected chi connectivity index (χ0v) is 12.3. The zero-order chi connectivity index (χ0) is 14.7. The van der Waals surface area contributed by atoms with Gasteiger partial charge in [0.2, 0.25) is 5.91 Å². The molecule has 2 aliphatic rings. The summed E-state index contributed by atoms with van der Waals surface area (Å²) in [5.74, 6) is 0.418. The minimum Gasteiger partial charge on any atom is -0.373 e. The molecule has 0 N–H and O–H groups in total. The van der Waals surface area contributed by atoms with Gasteiger partial charge in [-0.1, -0.05) is 18.6 Å². The highest BCUT2D eigenvalue weighted by molar-refractivity contribution is 5.79. The number of benzene rings is 1. The monoisotopic (exact) mass is 291 g/mol. The van der Waals surface area contributed by atoms with E-state index in [2.05, 4.69) is 0 Å². The molecule has 1 saturated heterocycles. The van der Waals surface area contributed by atoms with Gasteiger partial charge in [0, 0.05) is 19.0 Å². The number of carbonyl (C=O) groups excluding carboxylic acids is 1. The molecule has 2 fully saturated rings. The fourth-order valence-corrected chi connectivity index (χ4v) is 2.95. The van der Waals surface area contributed by atoms with Crippen molar-refractivity contribution in [2.75, 3.05) is 13.1 Å². The highest BCUT2D eigenvalue weighted by Gasteiger charge is 2.31. The zero-order valence-electron chi connectivity index (χ0n) is 12.3. The number of carbonyl (C=O) groups is 1. The van der Waals surface area contributed by atoms with Crippen LogP contribution in [0.3, 0.4) is 0 Å². The van der Waals surface area contributed by atoms with Crippen molar-refractivity contribution in [2.45, 2.75) is 44.8 Å². The third-order valence-corrected chi connectivity index (χ3v) is 4.61. The number of halogens is 1. The van der Waals surface area contributed by atoms with Gasteiger partial charge >= 0.3 is 0 Å². The second-order valence-corrected chi connectivity index (χ2v) is 6.09. The molecule has 1 saturated carbocycles. The van der Waals surface area contributed by atoms with E-state index >= 15 is 0 Å². The maximum absolute atomic E-state index is 12.8. The lowest BCUT2D eigenvalue weighted by molar-refractivity contribution is -0.141. The van der Waals surface area contributed by atoms with Crippen molar-refractivity contribution >= 4 is 5.91 Å². The van der Waals surface area contributed by atoms with E-state index in [1.54, 1.807) is 12.1 Å². The summed E-state index contributed by atoms with van der Waals surface area (Å²) in [6, 6.07) is 6.42. The summed E-state index contributed by atoms with van der Waals surface area (Å²) in [5.41, 5.74) is 0.990. The van der Waals surface area contributed by atoms with Gasteiger partial charge in [0.15, 0.2) is 0 Å². The number of amides is 1. The number of nitrogens with zero attached hydrogens (tertiary/aromatic N) is 1. The third-order valence-electron chi connectivity index (χ3n) is 4.61. The minimum absolute atomic E-state index is 0.209. The van der Waals surface area contributed by atoms with Crippen LogP contribution < -0.4 is 0 Å². The number of piperidine rings is 1. The molecule has 1 aromatic carbocycles. The van der Waals surface area contributed by atoms with Crippen LogP contribution in [-0.4, -0.2) is 30.0 Å². The molecule has 1 amide bonds. The average Bonchev–Trinajstić information content (AvgIpc) is 2.45. The van der Waals surface area contributed by atoms with E-state index in [1.807, 2.05) is 4.90 Å². The lowest BCUT2D eigenvalue weighted by Crippen LogP contribution is -2.45. The smallest absolute Gasteiger partial charge is 0.225 e. The van der Waals surface area contributed by atoms with E-state index in [-0.39, 0.29) is 11.9 Å². The van der Waals surface area contributed by atoms with Crippen molar-refractivity contribution in [3.05, 3.63) is 35.6 Å². The maximum atomic E-state index is 12.8. The van der Waals surface area contributed by atoms with Gasteiger partial charge in [-0.25, -0.2) is 4.39 Å². The molecule has 21 heavy (non-hydrogen) atoms. The first-order valence-corrected chi connectivity index (χ1v) is 7.87. The Bertz CT molecular complexity index is 476. The van der Waals surface area contributed by atoms with Crippen molar-refractivity contribution in [2.24, 2.45) is 5.92 Å². The van der Waals surface area contributed by atoms with Gasteiger partial charge in [-0.05, 0) is 43.4 Å². The van der Waals surface area contributed by atoms with E-state index in [4.69, 9.17) is 4.74 Å². The largest absolute Gasteiger partial charge is 0.373 e. The van der Waals surface area contributed by atoms with Gasteiger partial charge in [-0.2, -0.15) is 0 Å². The van der Waals surface area contributed by atoms with Crippen LogP contribution in [0.25, 0.3) is 0 Å². The molecule has 4 heteroatoms. The Balaban J connectivity index is 1.41. The van der Waals surface area contributed by atoms with Crippen LogP contribution >= 0.6 is 0 Å². The van der Waals surface area contributed by atoms with Gasteiger partial charge in [0.1, 0.15) is 5.82 Å². The van der Waals surface area contributed by atoms with Crippen molar-refractivity contribution < 1.29 is 13.9 Å². The van der Waals surface area contributed by atoms with Crippen LogP contribution in [-0.2, 0) is 16.1 Å². The summed E-state index contributed by atoms with van der Waals surface area (Å²) >= 11 is 0. The molecule has 0 aromatic heterocycles. The van der Waals surface area contributed by atoms with Gasteiger partial charge in [-0.15, -0.1) is 0 Å². The fourth-order valence-electron chi connectivity index (χ4n) is 2.95. The first kappa shape index (κ1) is 14.5. The summed E-state index contributed by atoms with van der Waals surface area (Å²) in [7, 11) is 0. The number of rotatable bonds is 4. The summed E-state index contributed by atoms with van der Waals surface area (Å²) in [5, 5.41) is 0. The van der Waals surface area contributed by atoms with E-state index in [9.17, 15) is 9.18 Å². The predicted octanol–water partition coefficient (Wildman–Crippen LogP) is 3.13. The molecule has 1 aliphatic heterocycles. The van der Waals surface area contributed by atoms with E-state index < -0.39 is 0 Å². The Hall–Kier alpha value is -1.42. The van der Waals surface area contributed by atoms with Crippen molar-refractivity contribution in [3.63, 3.8) is 0 Å². The SMILES string of the molecule is O=C(C1CCC1)N1CCC(OCc2ccc(F)cc2)CC1. The second kappa shape index (κ2) is 6.56. The van der Waals surface area contributed by atoms with Crippen molar-refractivity contribution in [1.82, 2.24) is 4.90 Å². The van der Waals surface area contributed by atoms with Gasteiger partial charge in [0.25, 0.3) is 0 Å². The lowest BCUT2D eigenvalue weighted by Gasteiger charge is -2.36. The van der Waals surface area contributed by atoms with Crippen LogP contribution in [0.15, 0.2) is 24.3 Å².